The minimum atomic E-state index is -6.67. The van der Waals surface area contributed by atoms with Crippen LogP contribution in [0.2, 0.25) is 10.0 Å². The Morgan fingerprint density at radius 2 is 1.56 bits per heavy atom. The number of sulfonamides is 2. The minimum absolute atomic E-state index is 0.0757. The van der Waals surface area contributed by atoms with Gasteiger partial charge in [-0.3, -0.25) is 0 Å². The minimum Gasteiger partial charge on any atom is -0.382 e. The lowest BCUT2D eigenvalue weighted by Crippen LogP contribution is -2.44. The molecule has 176 valence electrons. The monoisotopic (exact) mass is 545 g/mol. The molecule has 0 bridgehead atoms. The van der Waals surface area contributed by atoms with Crippen molar-refractivity contribution in [2.45, 2.75) is 11.7 Å². The van der Waals surface area contributed by atoms with Crippen LogP contribution in [-0.2, 0) is 26.2 Å². The van der Waals surface area contributed by atoms with Crippen LogP contribution in [0, 0.1) is 11.3 Å². The van der Waals surface area contributed by atoms with Crippen LogP contribution in [0.3, 0.4) is 0 Å². The summed E-state index contributed by atoms with van der Waals surface area (Å²) >= 11 is 11.5. The lowest BCUT2D eigenvalue weighted by atomic mass is 10.2. The second-order valence-corrected chi connectivity index (χ2v) is 10.5. The van der Waals surface area contributed by atoms with Crippen LogP contribution in [0.5, 0.6) is 0 Å². The molecule has 0 saturated heterocycles. The molecule has 0 aliphatic carbocycles. The maximum absolute atomic E-state index is 13.1. The molecule has 2 N–H and O–H groups in total. The topological polar surface area (TPSA) is 139 Å². The van der Waals surface area contributed by atoms with Crippen molar-refractivity contribution in [3.63, 3.8) is 0 Å². The smallest absolute Gasteiger partial charge is 0.382 e. The summed E-state index contributed by atoms with van der Waals surface area (Å²) in [5.41, 5.74) is -5.37. The Balaban J connectivity index is 2.94. The van der Waals surface area contributed by atoms with Gasteiger partial charge in [0.05, 0.1) is 21.9 Å². The van der Waals surface area contributed by atoms with E-state index < -0.39 is 73.9 Å². The van der Waals surface area contributed by atoms with Gasteiger partial charge in [-0.1, -0.05) is 23.2 Å². The van der Waals surface area contributed by atoms with E-state index in [0.717, 1.165) is 6.07 Å². The lowest BCUT2D eigenvalue weighted by Gasteiger charge is -2.22. The number of nitrogen functional groups attached to an aromatic ring is 1. The average molecular weight is 546 g/mol. The summed E-state index contributed by atoms with van der Waals surface area (Å²) in [5, 5.41) is 11.0. The van der Waals surface area contributed by atoms with Gasteiger partial charge in [0.1, 0.15) is 17.4 Å². The number of nitriles is 1. The van der Waals surface area contributed by atoms with E-state index in [0.29, 0.717) is 12.1 Å². The first-order valence-corrected chi connectivity index (χ1v) is 11.5. The molecule has 0 fully saturated rings. The number of nitrogens with two attached hydrogens (primary N) is 1. The maximum atomic E-state index is 13.1. The summed E-state index contributed by atoms with van der Waals surface area (Å²) in [6.45, 7) is 0. The zero-order valence-electron chi connectivity index (χ0n) is 15.0. The number of hydrogen-bond acceptors (Lipinski definition) is 7. The molecule has 1 aromatic carbocycles. The van der Waals surface area contributed by atoms with E-state index in [1.807, 2.05) is 0 Å². The molecule has 0 atom stereocenters. The Morgan fingerprint density at radius 1 is 1.09 bits per heavy atom. The van der Waals surface area contributed by atoms with Crippen molar-refractivity contribution in [2.75, 3.05) is 15.7 Å². The number of benzene rings is 1. The van der Waals surface area contributed by atoms with Gasteiger partial charge in [0, 0.05) is 0 Å². The average Bonchev–Trinajstić information content (AvgIpc) is 2.88. The predicted molar refractivity (Wildman–Crippen MR) is 100 cm³/mol. The second-order valence-electron chi connectivity index (χ2n) is 5.80. The van der Waals surface area contributed by atoms with E-state index in [-0.39, 0.29) is 10.9 Å². The van der Waals surface area contributed by atoms with Gasteiger partial charge in [-0.05, 0) is 12.1 Å². The summed E-state index contributed by atoms with van der Waals surface area (Å²) < 4.78 is 125. The fourth-order valence-electron chi connectivity index (χ4n) is 2.34. The van der Waals surface area contributed by atoms with Crippen LogP contribution in [-0.4, -0.2) is 38.4 Å². The molecule has 1 aromatic heterocycles. The molecule has 19 heteroatoms. The Hall–Kier alpha value is -2.42. The zero-order valence-corrected chi connectivity index (χ0v) is 18.1. The van der Waals surface area contributed by atoms with Crippen molar-refractivity contribution in [1.29, 1.82) is 5.26 Å². The van der Waals surface area contributed by atoms with Crippen LogP contribution in [0.15, 0.2) is 12.1 Å². The summed E-state index contributed by atoms with van der Waals surface area (Å²) in [5.74, 6) is -1.21. The SMILES string of the molecule is CS(=O)(=O)N(c1c(C#N)nn(-c2c(Cl)cc(C(F)(F)F)cc2Cl)c1N)S(=O)(=O)C(F)(F)F. The Morgan fingerprint density at radius 3 is 1.91 bits per heavy atom. The van der Waals surface area contributed by atoms with Gasteiger partial charge in [0.2, 0.25) is 10.0 Å². The van der Waals surface area contributed by atoms with Crippen molar-refractivity contribution in [3.05, 3.63) is 33.4 Å². The fourth-order valence-corrected chi connectivity index (χ4v) is 5.79. The van der Waals surface area contributed by atoms with Gasteiger partial charge in [-0.2, -0.15) is 45.1 Å². The van der Waals surface area contributed by atoms with Crippen molar-refractivity contribution < 1.29 is 43.2 Å². The summed E-state index contributed by atoms with van der Waals surface area (Å²) in [7, 11) is -12.0. The Labute approximate surface area is 185 Å². The van der Waals surface area contributed by atoms with Gasteiger partial charge < -0.3 is 5.73 Å². The lowest BCUT2D eigenvalue weighted by molar-refractivity contribution is -0.137. The van der Waals surface area contributed by atoms with Gasteiger partial charge >= 0.3 is 21.7 Å². The molecule has 0 aliphatic heterocycles. The molecular formula is C13H7Cl2F6N5O4S2. The van der Waals surface area contributed by atoms with Gasteiger partial charge in [0.25, 0.3) is 0 Å². The van der Waals surface area contributed by atoms with E-state index in [2.05, 4.69) is 5.10 Å². The number of nitrogens with zero attached hydrogens (tertiary/aromatic N) is 4. The van der Waals surface area contributed by atoms with E-state index in [1.165, 1.54) is 0 Å². The van der Waals surface area contributed by atoms with Crippen LogP contribution >= 0.6 is 23.2 Å². The van der Waals surface area contributed by atoms with Crippen LogP contribution in [0.4, 0.5) is 37.8 Å². The summed E-state index contributed by atoms with van der Waals surface area (Å²) in [6, 6.07) is 1.85. The van der Waals surface area contributed by atoms with E-state index in [1.54, 1.807) is 0 Å². The van der Waals surface area contributed by atoms with E-state index in [9.17, 15) is 48.4 Å². The molecule has 9 nitrogen and oxygen atoms in total. The zero-order chi connectivity index (χ0) is 25.0. The van der Waals surface area contributed by atoms with Gasteiger partial charge in [0.15, 0.2) is 11.5 Å². The summed E-state index contributed by atoms with van der Waals surface area (Å²) in [4.78, 5) is 0. The highest BCUT2D eigenvalue weighted by atomic mass is 35.5. The number of aromatic nitrogens is 2. The van der Waals surface area contributed by atoms with Crippen molar-refractivity contribution in [3.8, 4) is 11.8 Å². The molecule has 0 aliphatic rings. The first kappa shape index (κ1) is 25.8. The first-order valence-electron chi connectivity index (χ1n) is 7.42. The second kappa shape index (κ2) is 7.86. The highest BCUT2D eigenvalue weighted by molar-refractivity contribution is 8.10. The van der Waals surface area contributed by atoms with Crippen LogP contribution in [0.1, 0.15) is 11.3 Å². The molecule has 32 heavy (non-hydrogen) atoms. The van der Waals surface area contributed by atoms with Gasteiger partial charge in [-0.15, -0.1) is 3.71 Å². The molecule has 0 unspecified atom stereocenters. The van der Waals surface area contributed by atoms with Crippen LogP contribution < -0.4 is 9.44 Å². The Bertz CT molecular complexity index is 1320. The predicted octanol–water partition coefficient (Wildman–Crippen LogP) is 3.27. The number of rotatable bonds is 4. The third kappa shape index (κ3) is 4.40. The molecule has 0 radical (unpaired) electrons. The van der Waals surface area contributed by atoms with Crippen molar-refractivity contribution in [1.82, 2.24) is 9.78 Å². The number of halogens is 8. The van der Waals surface area contributed by atoms with E-state index in [4.69, 9.17) is 28.9 Å². The molecular weight excluding hydrogens is 539 g/mol. The number of alkyl halides is 6. The molecule has 0 amide bonds. The highest BCUT2D eigenvalue weighted by Gasteiger charge is 2.55. The van der Waals surface area contributed by atoms with Crippen LogP contribution in [0.25, 0.3) is 5.69 Å². The number of anilines is 2. The third-order valence-corrected chi connectivity index (χ3v) is 7.52. The quantitative estimate of drug-likeness (QED) is 0.581. The van der Waals surface area contributed by atoms with Gasteiger partial charge in [-0.25, -0.2) is 13.1 Å². The molecule has 2 rings (SSSR count). The maximum Gasteiger partial charge on any atom is 0.517 e. The molecule has 1 heterocycles. The molecule has 0 spiro atoms. The summed E-state index contributed by atoms with van der Waals surface area (Å²) in [6.07, 6.45) is -4.83. The first-order chi connectivity index (χ1) is 14.2. The fraction of sp³-hybridized carbons (Fsp3) is 0.231. The molecule has 2 aromatic rings. The largest absolute Gasteiger partial charge is 0.517 e. The van der Waals surface area contributed by atoms with E-state index >= 15 is 0 Å². The number of hydrogen-bond donors (Lipinski definition) is 1. The normalized spacial score (nSPS) is 13.1. The Kier molecular flexibility index (Phi) is 6.35. The van der Waals surface area contributed by atoms with Crippen molar-refractivity contribution in [2.24, 2.45) is 0 Å². The standard InChI is InChI=1S/C13H7Cl2F6N5O4S2/c1-31(27,28)26(32(29,30)13(19,20)21)10-8(4-22)24-25(11(10)23)9-6(14)2-5(3-7(9)15)12(16,17)18/h2-3H,23H2,1H3. The highest BCUT2D eigenvalue weighted by Crippen LogP contribution is 2.42. The molecule has 0 saturated carbocycles. The van der Waals surface area contributed by atoms with Crippen molar-refractivity contribution >= 4 is 54.8 Å². The third-order valence-electron chi connectivity index (χ3n) is 3.55.